The number of piperazine rings is 1. The average molecular weight is 938 g/mol. The molecule has 6 heterocycles. The van der Waals surface area contributed by atoms with Gasteiger partial charge < -0.3 is 29.7 Å². The summed E-state index contributed by atoms with van der Waals surface area (Å²) < 4.78 is 34.9. The van der Waals surface area contributed by atoms with Crippen molar-refractivity contribution < 1.29 is 32.9 Å². The minimum atomic E-state index is -2.86. The number of piperidine rings is 2. The second-order valence-electron chi connectivity index (χ2n) is 17.5. The van der Waals surface area contributed by atoms with Crippen LogP contribution < -0.4 is 35.8 Å². The molecule has 4 aliphatic heterocycles. The molecule has 20 heteroatoms. The lowest BCUT2D eigenvalue weighted by Gasteiger charge is -2.40. The van der Waals surface area contributed by atoms with Gasteiger partial charge in [0.2, 0.25) is 17.8 Å². The lowest BCUT2D eigenvalue weighted by molar-refractivity contribution is -0.136. The highest BCUT2D eigenvalue weighted by Gasteiger charge is 2.45. The molecular weight excluding hydrogens is 888 g/mol. The maximum atomic E-state index is 14.2. The van der Waals surface area contributed by atoms with Gasteiger partial charge in [0, 0.05) is 99.4 Å². The van der Waals surface area contributed by atoms with Crippen molar-refractivity contribution in [2.24, 2.45) is 13.0 Å². The first kappa shape index (κ1) is 44.8. The molecule has 9 rings (SSSR count). The summed E-state index contributed by atoms with van der Waals surface area (Å²) in [7, 11) is 0.629. The van der Waals surface area contributed by atoms with E-state index in [4.69, 9.17) is 16.3 Å². The van der Waals surface area contributed by atoms with E-state index in [1.807, 2.05) is 37.6 Å². The molecule has 0 aliphatic carbocycles. The summed E-state index contributed by atoms with van der Waals surface area (Å²) in [6, 6.07) is 12.4. The summed E-state index contributed by atoms with van der Waals surface area (Å²) in [5.74, 6) is -0.975. The Hall–Kier alpha value is -6.36. The Bertz CT molecular complexity index is 2800. The van der Waals surface area contributed by atoms with E-state index in [1.54, 1.807) is 37.3 Å². The highest BCUT2D eigenvalue weighted by Crippen LogP contribution is 2.43. The molecule has 0 saturated carbocycles. The zero-order valence-electron chi connectivity index (χ0n) is 37.0. The van der Waals surface area contributed by atoms with Gasteiger partial charge in [0.15, 0.2) is 5.82 Å². The predicted octanol–water partition coefficient (Wildman–Crippen LogP) is 5.85. The second kappa shape index (κ2) is 18.1. The summed E-state index contributed by atoms with van der Waals surface area (Å²) in [4.78, 5) is 68.0. The third kappa shape index (κ3) is 9.09. The van der Waals surface area contributed by atoms with Crippen LogP contribution in [0.3, 0.4) is 0 Å². The van der Waals surface area contributed by atoms with Gasteiger partial charge in [-0.2, -0.15) is 10.1 Å². The van der Waals surface area contributed by atoms with Crippen LogP contribution in [-0.2, 0) is 21.2 Å². The lowest BCUT2D eigenvalue weighted by atomic mass is 9.94. The molecule has 3 saturated heterocycles. The summed E-state index contributed by atoms with van der Waals surface area (Å²) in [6.45, 7) is 9.03. The van der Waals surface area contributed by atoms with E-state index in [2.05, 4.69) is 45.7 Å². The molecule has 5 aromatic rings. The highest BCUT2D eigenvalue weighted by atomic mass is 35.5. The van der Waals surface area contributed by atoms with Crippen molar-refractivity contribution in [3.63, 3.8) is 0 Å². The fourth-order valence-corrected chi connectivity index (χ4v) is 10.6. The first-order chi connectivity index (χ1) is 31.6. The summed E-state index contributed by atoms with van der Waals surface area (Å²) in [5.41, 5.74) is 5.36. The van der Waals surface area contributed by atoms with Crippen molar-refractivity contribution in [2.75, 3.05) is 86.7 Å². The molecule has 17 nitrogen and oxygen atoms in total. The number of halogens is 2. The topological polar surface area (TPSA) is 187 Å². The number of carbonyl (C=O) groups is 4. The summed E-state index contributed by atoms with van der Waals surface area (Å²) in [5, 5.41) is 13.7. The number of fused-ring (bicyclic) bond motifs is 1. The van der Waals surface area contributed by atoms with E-state index in [9.17, 15) is 28.1 Å². The van der Waals surface area contributed by atoms with Crippen LogP contribution >= 0.6 is 18.7 Å². The van der Waals surface area contributed by atoms with Crippen molar-refractivity contribution in [2.45, 2.75) is 31.7 Å². The number of benzene rings is 3. The molecule has 66 heavy (non-hydrogen) atoms. The Balaban J connectivity index is 0.847. The lowest BCUT2D eigenvalue weighted by Crippen LogP contribution is -2.54. The van der Waals surface area contributed by atoms with Gasteiger partial charge in [-0.3, -0.25) is 39.0 Å². The monoisotopic (exact) mass is 937 g/mol. The second-order valence-corrected chi connectivity index (χ2v) is 21.1. The van der Waals surface area contributed by atoms with Crippen LogP contribution in [0.2, 0.25) is 5.02 Å². The van der Waals surface area contributed by atoms with Crippen molar-refractivity contribution in [3.05, 3.63) is 89.1 Å². The molecule has 2 aromatic heterocycles. The molecule has 4 aliphatic rings. The fraction of sp³-hybridized carbons (Fsp3) is 0.370. The van der Waals surface area contributed by atoms with E-state index >= 15 is 0 Å². The third-order valence-electron chi connectivity index (χ3n) is 12.7. The minimum absolute atomic E-state index is 0.0762. The van der Waals surface area contributed by atoms with Crippen molar-refractivity contribution in [1.82, 2.24) is 34.9 Å². The number of carbonyl (C=O) groups excluding carboxylic acids is 4. The van der Waals surface area contributed by atoms with E-state index in [0.717, 1.165) is 86.1 Å². The molecule has 0 bridgehead atoms. The number of aromatic nitrogens is 4. The maximum absolute atomic E-state index is 14.2. The van der Waals surface area contributed by atoms with Gasteiger partial charge in [-0.05, 0) is 81.0 Å². The Morgan fingerprint density at radius 2 is 1.62 bits per heavy atom. The first-order valence-corrected chi connectivity index (χ1v) is 24.8. The van der Waals surface area contributed by atoms with Crippen LogP contribution in [0.1, 0.15) is 46.4 Å². The summed E-state index contributed by atoms with van der Waals surface area (Å²) in [6.07, 6.45) is 7.44. The zero-order valence-corrected chi connectivity index (χ0v) is 38.7. The Morgan fingerprint density at radius 1 is 0.864 bits per heavy atom. The standard InChI is InChI=1S/C46H50ClFN11O6P/c1-55-26-28(23-50-55)32-21-36(52-46-49-24-34(47)42(54-46)51-35-8-5-29(48)19-40(35)66(3,4)64)39(65-2)22-38(32)58-13-11-27(12-14-58)25-56-15-17-57(18-16-56)30-6-7-31-33(20-30)45(63)59(44(31)62)37-9-10-41(60)53-43(37)61/h5-8,19-24,26-27,37H,9-18,25H2,1-4H3,(H,53,60,61)(H2,49,51,52,54)/t37-/m0/s1. The van der Waals surface area contributed by atoms with Crippen LogP contribution in [0.15, 0.2) is 67.1 Å². The SMILES string of the molecule is COc1cc(N2CCC(CN3CCN(c4ccc5c(c4)C(=O)N([C@H]4CCC(=O)NC4=O)C5=O)CC3)CC2)c(-c2cnn(C)c2)cc1Nc1ncc(Cl)c(Nc2ccc(F)cc2P(C)(C)=O)n1. The molecule has 0 radical (unpaired) electrons. The molecule has 3 aromatic carbocycles. The zero-order chi connectivity index (χ0) is 46.4. The number of hydrogen-bond acceptors (Lipinski definition) is 14. The number of rotatable bonds is 12. The van der Waals surface area contributed by atoms with Gasteiger partial charge in [0.25, 0.3) is 11.8 Å². The largest absolute Gasteiger partial charge is 0.494 e. The molecule has 344 valence electrons. The third-order valence-corrected chi connectivity index (χ3v) is 14.6. The van der Waals surface area contributed by atoms with Gasteiger partial charge in [-0.1, -0.05) is 11.6 Å². The molecule has 3 fully saturated rings. The quantitative estimate of drug-likeness (QED) is 0.0999. The molecular formula is C46H50ClFN11O6P. The van der Waals surface area contributed by atoms with Gasteiger partial charge >= 0.3 is 0 Å². The van der Waals surface area contributed by atoms with Crippen molar-refractivity contribution in [3.8, 4) is 16.9 Å². The Kier molecular flexibility index (Phi) is 12.3. The number of amides is 4. The highest BCUT2D eigenvalue weighted by molar-refractivity contribution is 7.70. The summed E-state index contributed by atoms with van der Waals surface area (Å²) >= 11 is 6.53. The fourth-order valence-electron chi connectivity index (χ4n) is 9.27. The number of aryl methyl sites for hydroxylation is 1. The maximum Gasteiger partial charge on any atom is 0.262 e. The van der Waals surface area contributed by atoms with Crippen molar-refractivity contribution in [1.29, 1.82) is 0 Å². The number of imide groups is 2. The number of ether oxygens (including phenoxy) is 1. The number of hydrogen-bond donors (Lipinski definition) is 3. The Labute approximate surface area is 386 Å². The van der Waals surface area contributed by atoms with Gasteiger partial charge in [-0.25, -0.2) is 9.37 Å². The molecule has 0 unspecified atom stereocenters. The number of anilines is 6. The van der Waals surface area contributed by atoms with Crippen LogP contribution in [0.25, 0.3) is 11.1 Å². The number of methoxy groups -OCH3 is 1. The number of nitrogens with one attached hydrogen (secondary N) is 3. The molecule has 4 amide bonds. The Morgan fingerprint density at radius 3 is 2.32 bits per heavy atom. The van der Waals surface area contributed by atoms with Crippen molar-refractivity contribution >= 4 is 82.2 Å². The number of nitrogens with zero attached hydrogens (tertiary/aromatic N) is 8. The normalized spacial score (nSPS) is 18.5. The van der Waals surface area contributed by atoms with E-state index in [-0.39, 0.29) is 40.8 Å². The molecule has 0 spiro atoms. The predicted molar refractivity (Wildman–Crippen MR) is 251 cm³/mol. The van der Waals surface area contributed by atoms with Crippen LogP contribution in [0.4, 0.5) is 38.9 Å². The van der Waals surface area contributed by atoms with E-state index in [0.29, 0.717) is 28.3 Å². The van der Waals surface area contributed by atoms with Crippen LogP contribution in [0.5, 0.6) is 5.75 Å². The van der Waals surface area contributed by atoms with Gasteiger partial charge in [-0.15, -0.1) is 0 Å². The smallest absolute Gasteiger partial charge is 0.262 e. The van der Waals surface area contributed by atoms with Crippen LogP contribution in [0, 0.1) is 11.7 Å². The molecule has 3 N–H and O–H groups in total. The average Bonchev–Trinajstić information content (AvgIpc) is 3.84. The van der Waals surface area contributed by atoms with Gasteiger partial charge in [0.1, 0.15) is 29.8 Å². The van der Waals surface area contributed by atoms with E-state index < -0.39 is 42.6 Å². The van der Waals surface area contributed by atoms with Gasteiger partial charge in [0.05, 0.1) is 42.0 Å². The van der Waals surface area contributed by atoms with Crippen LogP contribution in [-0.4, -0.2) is 125 Å². The minimum Gasteiger partial charge on any atom is -0.494 e. The van der Waals surface area contributed by atoms with E-state index in [1.165, 1.54) is 24.4 Å². The first-order valence-electron chi connectivity index (χ1n) is 21.8. The molecule has 1 atom stereocenters.